The second-order valence-corrected chi connectivity index (χ2v) is 8.04. The molecular weight excluding hydrogens is 421 g/mol. The van der Waals surface area contributed by atoms with E-state index in [1.54, 1.807) is 34.1 Å². The lowest BCUT2D eigenvalue weighted by Gasteiger charge is -2.37. The fourth-order valence-corrected chi connectivity index (χ4v) is 3.66. The zero-order valence-corrected chi connectivity index (χ0v) is 18.1. The third-order valence-corrected chi connectivity index (χ3v) is 5.46. The number of benzene rings is 2. The van der Waals surface area contributed by atoms with Crippen molar-refractivity contribution < 1.29 is 18.7 Å². The second kappa shape index (κ2) is 9.80. The highest BCUT2D eigenvalue weighted by Gasteiger charge is 2.33. The predicted molar refractivity (Wildman–Crippen MR) is 114 cm³/mol. The fraction of sp³-hybridized carbons (Fsp3) is 0.348. The van der Waals surface area contributed by atoms with Crippen LogP contribution in [0.2, 0.25) is 5.02 Å². The van der Waals surface area contributed by atoms with E-state index in [-0.39, 0.29) is 28.3 Å². The van der Waals surface area contributed by atoms with Gasteiger partial charge in [-0.25, -0.2) is 4.39 Å². The maximum atomic E-state index is 13.3. The summed E-state index contributed by atoms with van der Waals surface area (Å²) in [5.74, 6) is -0.727. The number of ether oxygens (including phenoxy) is 1. The first-order chi connectivity index (χ1) is 14.8. The number of halogens is 2. The summed E-state index contributed by atoms with van der Waals surface area (Å²) in [4.78, 5) is 29.1. The van der Waals surface area contributed by atoms with Crippen LogP contribution in [-0.4, -0.2) is 53.9 Å². The molecule has 3 rings (SSSR count). The van der Waals surface area contributed by atoms with Gasteiger partial charge in [0.25, 0.3) is 11.8 Å². The Labute approximate surface area is 185 Å². The molecule has 1 aliphatic heterocycles. The summed E-state index contributed by atoms with van der Waals surface area (Å²) in [6, 6.07) is 12.5. The number of hydrogen-bond donors (Lipinski definition) is 0. The van der Waals surface area contributed by atoms with E-state index in [0.29, 0.717) is 37.5 Å². The first kappa shape index (κ1) is 22.6. The van der Waals surface area contributed by atoms with Crippen molar-refractivity contribution in [3.8, 4) is 11.8 Å². The SMILES string of the molecule is CC(C)C(Oc1ccccc1C#N)C(=O)N1CCN(C(=O)c2ccc(F)cc2Cl)CC1. The molecule has 2 aromatic rings. The molecule has 1 atom stereocenters. The Kier molecular flexibility index (Phi) is 7.13. The van der Waals surface area contributed by atoms with Gasteiger partial charge in [0.2, 0.25) is 0 Å². The molecule has 162 valence electrons. The summed E-state index contributed by atoms with van der Waals surface area (Å²) in [6.07, 6.45) is -0.747. The van der Waals surface area contributed by atoms with E-state index in [2.05, 4.69) is 6.07 Å². The van der Waals surface area contributed by atoms with E-state index in [4.69, 9.17) is 16.3 Å². The highest BCUT2D eigenvalue weighted by Crippen LogP contribution is 2.23. The van der Waals surface area contributed by atoms with Crippen molar-refractivity contribution in [3.05, 3.63) is 64.4 Å². The Balaban J connectivity index is 1.66. The van der Waals surface area contributed by atoms with E-state index in [1.807, 2.05) is 13.8 Å². The maximum absolute atomic E-state index is 13.3. The normalized spacial score (nSPS) is 14.8. The van der Waals surface area contributed by atoms with Crippen molar-refractivity contribution >= 4 is 23.4 Å². The standard InChI is InChI=1S/C23H23ClFN3O3/c1-15(2)21(31-20-6-4-3-5-16(20)14-26)23(30)28-11-9-27(10-12-28)22(29)18-8-7-17(25)13-19(18)24/h3-8,13,15,21H,9-12H2,1-2H3. The van der Waals surface area contributed by atoms with Gasteiger partial charge in [-0.05, 0) is 36.2 Å². The number of carbonyl (C=O) groups is 2. The van der Waals surface area contributed by atoms with E-state index < -0.39 is 11.9 Å². The Morgan fingerprint density at radius 3 is 2.35 bits per heavy atom. The number of nitrogens with zero attached hydrogens (tertiary/aromatic N) is 3. The molecule has 1 saturated heterocycles. The maximum Gasteiger partial charge on any atom is 0.264 e. The summed E-state index contributed by atoms with van der Waals surface area (Å²) in [7, 11) is 0. The highest BCUT2D eigenvalue weighted by atomic mass is 35.5. The van der Waals surface area contributed by atoms with Gasteiger partial charge in [0, 0.05) is 26.2 Å². The molecule has 1 unspecified atom stereocenters. The summed E-state index contributed by atoms with van der Waals surface area (Å²) < 4.78 is 19.2. The van der Waals surface area contributed by atoms with Crippen molar-refractivity contribution in [1.82, 2.24) is 9.80 Å². The number of carbonyl (C=O) groups excluding carboxylic acids is 2. The van der Waals surface area contributed by atoms with Gasteiger partial charge >= 0.3 is 0 Å². The van der Waals surface area contributed by atoms with Gasteiger partial charge in [-0.3, -0.25) is 9.59 Å². The quantitative estimate of drug-likeness (QED) is 0.705. The zero-order chi connectivity index (χ0) is 22.5. The molecule has 0 spiro atoms. The van der Waals surface area contributed by atoms with Crippen molar-refractivity contribution in [1.29, 1.82) is 5.26 Å². The van der Waals surface area contributed by atoms with Crippen molar-refractivity contribution in [2.75, 3.05) is 26.2 Å². The molecule has 1 heterocycles. The average Bonchev–Trinajstić information content (AvgIpc) is 2.76. The molecule has 0 radical (unpaired) electrons. The molecular formula is C23H23ClFN3O3. The lowest BCUT2D eigenvalue weighted by molar-refractivity contribution is -0.142. The van der Waals surface area contributed by atoms with E-state index >= 15 is 0 Å². The molecule has 1 aliphatic rings. The van der Waals surface area contributed by atoms with Crippen LogP contribution in [0.15, 0.2) is 42.5 Å². The molecule has 0 aromatic heterocycles. The minimum absolute atomic E-state index is 0.0629. The number of rotatable bonds is 5. The monoisotopic (exact) mass is 443 g/mol. The van der Waals surface area contributed by atoms with Crippen LogP contribution < -0.4 is 4.74 Å². The molecule has 0 aliphatic carbocycles. The molecule has 1 fully saturated rings. The van der Waals surface area contributed by atoms with Gasteiger partial charge in [-0.2, -0.15) is 5.26 Å². The van der Waals surface area contributed by atoms with Crippen LogP contribution in [0.25, 0.3) is 0 Å². The molecule has 0 N–H and O–H groups in total. The first-order valence-electron chi connectivity index (χ1n) is 10.0. The Hall–Kier alpha value is -3.11. The van der Waals surface area contributed by atoms with E-state index in [1.165, 1.54) is 12.1 Å². The Morgan fingerprint density at radius 1 is 1.10 bits per heavy atom. The predicted octanol–water partition coefficient (Wildman–Crippen LogP) is 3.74. The fourth-order valence-electron chi connectivity index (χ4n) is 3.41. The van der Waals surface area contributed by atoms with Gasteiger partial charge in [-0.15, -0.1) is 0 Å². The van der Waals surface area contributed by atoms with Crippen molar-refractivity contribution in [2.45, 2.75) is 20.0 Å². The van der Waals surface area contributed by atoms with Gasteiger partial charge in [0.15, 0.2) is 6.10 Å². The van der Waals surface area contributed by atoms with Crippen LogP contribution >= 0.6 is 11.6 Å². The van der Waals surface area contributed by atoms with Crippen LogP contribution in [-0.2, 0) is 4.79 Å². The second-order valence-electron chi connectivity index (χ2n) is 7.63. The van der Waals surface area contributed by atoms with Crippen molar-refractivity contribution in [2.24, 2.45) is 5.92 Å². The van der Waals surface area contributed by atoms with Crippen molar-refractivity contribution in [3.63, 3.8) is 0 Å². The van der Waals surface area contributed by atoms with Crippen LogP contribution in [0.3, 0.4) is 0 Å². The number of amides is 2. The summed E-state index contributed by atoms with van der Waals surface area (Å²) in [6.45, 7) is 5.11. The summed E-state index contributed by atoms with van der Waals surface area (Å²) in [5, 5.41) is 9.34. The van der Waals surface area contributed by atoms with Crippen LogP contribution in [0.1, 0.15) is 29.8 Å². The Bertz CT molecular complexity index is 1010. The van der Waals surface area contributed by atoms with Crippen LogP contribution in [0, 0.1) is 23.1 Å². The van der Waals surface area contributed by atoms with Gasteiger partial charge in [0.05, 0.1) is 16.1 Å². The van der Waals surface area contributed by atoms with E-state index in [9.17, 15) is 19.2 Å². The number of piperazine rings is 1. The minimum Gasteiger partial charge on any atom is -0.479 e. The largest absolute Gasteiger partial charge is 0.479 e. The molecule has 2 aromatic carbocycles. The lowest BCUT2D eigenvalue weighted by Crippen LogP contribution is -2.54. The average molecular weight is 444 g/mol. The lowest BCUT2D eigenvalue weighted by atomic mass is 10.0. The highest BCUT2D eigenvalue weighted by molar-refractivity contribution is 6.33. The zero-order valence-electron chi connectivity index (χ0n) is 17.3. The number of hydrogen-bond acceptors (Lipinski definition) is 4. The molecule has 2 amide bonds. The van der Waals surface area contributed by atoms with Crippen LogP contribution in [0.4, 0.5) is 4.39 Å². The third kappa shape index (κ3) is 5.15. The summed E-state index contributed by atoms with van der Waals surface area (Å²) in [5.41, 5.74) is 0.604. The van der Waals surface area contributed by atoms with Gasteiger partial charge < -0.3 is 14.5 Å². The number of para-hydroxylation sites is 1. The third-order valence-electron chi connectivity index (χ3n) is 5.15. The molecule has 6 nitrogen and oxygen atoms in total. The van der Waals surface area contributed by atoms with E-state index in [0.717, 1.165) is 6.07 Å². The molecule has 31 heavy (non-hydrogen) atoms. The van der Waals surface area contributed by atoms with Crippen LogP contribution in [0.5, 0.6) is 5.75 Å². The molecule has 8 heteroatoms. The van der Waals surface area contributed by atoms with Gasteiger partial charge in [-0.1, -0.05) is 37.6 Å². The van der Waals surface area contributed by atoms with Gasteiger partial charge in [0.1, 0.15) is 17.6 Å². The summed E-state index contributed by atoms with van der Waals surface area (Å²) >= 11 is 6.01. The Morgan fingerprint density at radius 2 is 1.74 bits per heavy atom. The minimum atomic E-state index is -0.747. The topological polar surface area (TPSA) is 73.6 Å². The first-order valence-corrected chi connectivity index (χ1v) is 10.4. The smallest absolute Gasteiger partial charge is 0.264 e. The number of nitriles is 1. The molecule has 0 saturated carbocycles. The molecule has 0 bridgehead atoms.